The fourth-order valence-corrected chi connectivity index (χ4v) is 4.58. The van der Waals surface area contributed by atoms with E-state index in [1.165, 1.54) is 16.4 Å². The van der Waals surface area contributed by atoms with Crippen LogP contribution in [0, 0.1) is 11.6 Å². The fraction of sp³-hybridized carbons (Fsp3) is 0.600. The average molecular weight is 330 g/mol. The predicted molar refractivity (Wildman–Crippen MR) is 80.0 cm³/mol. The predicted octanol–water partition coefficient (Wildman–Crippen LogP) is 1.92. The second-order valence-corrected chi connectivity index (χ2v) is 8.07. The molecule has 0 saturated carbocycles. The number of halogens is 2. The zero-order valence-corrected chi connectivity index (χ0v) is 13.4. The Morgan fingerprint density at radius 1 is 1.14 bits per heavy atom. The number of nitrogens with zero attached hydrogens (tertiary/aromatic N) is 2. The van der Waals surface area contributed by atoms with Crippen LogP contribution in [0.4, 0.5) is 8.78 Å². The molecule has 3 rings (SSSR count). The molecule has 0 spiro atoms. The molecule has 1 heterocycles. The molecule has 4 nitrogen and oxygen atoms in total. The van der Waals surface area contributed by atoms with Crippen LogP contribution in [0.3, 0.4) is 0 Å². The Labute approximate surface area is 129 Å². The molecule has 2 aliphatic rings. The van der Waals surface area contributed by atoms with Gasteiger partial charge in [0, 0.05) is 37.8 Å². The first-order valence-corrected chi connectivity index (χ1v) is 9.23. The molecule has 122 valence electrons. The van der Waals surface area contributed by atoms with E-state index in [1.807, 2.05) is 0 Å². The van der Waals surface area contributed by atoms with Gasteiger partial charge in [0.05, 0.1) is 5.75 Å². The largest absolute Gasteiger partial charge is 0.294 e. The van der Waals surface area contributed by atoms with Crippen LogP contribution in [-0.2, 0) is 16.4 Å². The monoisotopic (exact) mass is 330 g/mol. The molecule has 1 aromatic carbocycles. The van der Waals surface area contributed by atoms with Crippen LogP contribution >= 0.6 is 0 Å². The lowest BCUT2D eigenvalue weighted by molar-refractivity contribution is 0.135. The van der Waals surface area contributed by atoms with Crippen molar-refractivity contribution in [2.24, 2.45) is 0 Å². The van der Waals surface area contributed by atoms with Gasteiger partial charge in [-0.3, -0.25) is 4.90 Å². The van der Waals surface area contributed by atoms with E-state index in [2.05, 4.69) is 4.90 Å². The lowest BCUT2D eigenvalue weighted by atomic mass is 10.0. The molecule has 1 aliphatic heterocycles. The van der Waals surface area contributed by atoms with E-state index >= 15 is 0 Å². The molecule has 0 amide bonds. The summed E-state index contributed by atoms with van der Waals surface area (Å²) in [6.07, 6.45) is 1.23. The zero-order chi connectivity index (χ0) is 15.9. The summed E-state index contributed by atoms with van der Waals surface area (Å²) >= 11 is 0. The lowest BCUT2D eigenvalue weighted by Crippen LogP contribution is -2.49. The van der Waals surface area contributed by atoms with Crippen molar-refractivity contribution in [1.82, 2.24) is 9.21 Å². The molecule has 1 aromatic rings. The van der Waals surface area contributed by atoms with Crippen LogP contribution < -0.4 is 0 Å². The minimum absolute atomic E-state index is 0.0963. The molecular formula is C15H20F2N2O2S. The molecule has 0 aromatic heterocycles. The Balaban J connectivity index is 1.76. The van der Waals surface area contributed by atoms with Crippen molar-refractivity contribution in [3.8, 4) is 0 Å². The van der Waals surface area contributed by atoms with Gasteiger partial charge in [-0.15, -0.1) is 0 Å². The Morgan fingerprint density at radius 3 is 2.41 bits per heavy atom. The maximum Gasteiger partial charge on any atom is 0.213 e. The molecule has 22 heavy (non-hydrogen) atoms. The second kappa shape index (κ2) is 5.86. The summed E-state index contributed by atoms with van der Waals surface area (Å²) in [4.78, 5) is 2.08. The van der Waals surface area contributed by atoms with E-state index < -0.39 is 10.0 Å². The first-order chi connectivity index (χ1) is 10.4. The van der Waals surface area contributed by atoms with Gasteiger partial charge in [-0.25, -0.2) is 17.2 Å². The normalized spacial score (nSPS) is 23.7. The second-order valence-electron chi connectivity index (χ2n) is 5.81. The number of sulfonamides is 1. The minimum atomic E-state index is -3.17. The lowest BCUT2D eigenvalue weighted by Gasteiger charge is -2.37. The highest BCUT2D eigenvalue weighted by atomic mass is 32.2. The van der Waals surface area contributed by atoms with Crippen LogP contribution in [0.2, 0.25) is 0 Å². The van der Waals surface area contributed by atoms with E-state index in [1.54, 1.807) is 6.92 Å². The molecular weight excluding hydrogens is 310 g/mol. The first kappa shape index (κ1) is 15.8. The van der Waals surface area contributed by atoms with Gasteiger partial charge in [0.15, 0.2) is 0 Å². The van der Waals surface area contributed by atoms with Crippen LogP contribution in [0.1, 0.15) is 30.5 Å². The van der Waals surface area contributed by atoms with Crippen LogP contribution in [0.15, 0.2) is 12.1 Å². The molecule has 1 unspecified atom stereocenters. The smallest absolute Gasteiger partial charge is 0.213 e. The van der Waals surface area contributed by atoms with E-state index in [9.17, 15) is 17.2 Å². The standard InChI is InChI=1S/C15H20F2N2O2S/c1-2-22(20,21)19-9-7-18(8-10-19)14-6-3-11-12(16)4-5-13(17)15(11)14/h4-5,14H,2-3,6-10H2,1H3. The van der Waals surface area contributed by atoms with Crippen molar-refractivity contribution in [3.05, 3.63) is 34.9 Å². The molecule has 1 atom stereocenters. The third-order valence-electron chi connectivity index (χ3n) is 4.72. The van der Waals surface area contributed by atoms with Gasteiger partial charge in [-0.05, 0) is 37.5 Å². The summed E-state index contributed by atoms with van der Waals surface area (Å²) in [5, 5.41) is 0. The van der Waals surface area contributed by atoms with Gasteiger partial charge < -0.3 is 0 Å². The van der Waals surface area contributed by atoms with Crippen molar-refractivity contribution >= 4 is 10.0 Å². The summed E-state index contributed by atoms with van der Waals surface area (Å²) < 4.78 is 53.1. The van der Waals surface area contributed by atoms with Crippen LogP contribution in [0.5, 0.6) is 0 Å². The minimum Gasteiger partial charge on any atom is -0.294 e. The quantitative estimate of drug-likeness (QED) is 0.850. The van der Waals surface area contributed by atoms with Gasteiger partial charge in [-0.2, -0.15) is 4.31 Å². The molecule has 0 N–H and O–H groups in total. The summed E-state index contributed by atoms with van der Waals surface area (Å²) in [7, 11) is -3.17. The Morgan fingerprint density at radius 2 is 1.77 bits per heavy atom. The molecule has 0 radical (unpaired) electrons. The van der Waals surface area contributed by atoms with Gasteiger partial charge in [0.1, 0.15) is 11.6 Å². The number of benzene rings is 1. The number of fused-ring (bicyclic) bond motifs is 1. The highest BCUT2D eigenvalue weighted by molar-refractivity contribution is 7.89. The number of hydrogen-bond acceptors (Lipinski definition) is 3. The van der Waals surface area contributed by atoms with Gasteiger partial charge in [0.2, 0.25) is 10.0 Å². The van der Waals surface area contributed by atoms with Gasteiger partial charge in [-0.1, -0.05) is 0 Å². The third-order valence-corrected chi connectivity index (χ3v) is 6.60. The third kappa shape index (κ3) is 2.66. The van der Waals surface area contributed by atoms with Gasteiger partial charge in [0.25, 0.3) is 0 Å². The maximum atomic E-state index is 14.1. The Hall–Kier alpha value is -1.05. The van der Waals surface area contributed by atoms with Crippen LogP contribution in [0.25, 0.3) is 0 Å². The molecule has 1 aliphatic carbocycles. The van der Waals surface area contributed by atoms with Crippen LogP contribution in [-0.4, -0.2) is 49.6 Å². The van der Waals surface area contributed by atoms with E-state index in [-0.39, 0.29) is 23.4 Å². The summed E-state index contributed by atoms with van der Waals surface area (Å²) in [6, 6.07) is 2.23. The van der Waals surface area contributed by atoms with E-state index in [4.69, 9.17) is 0 Å². The van der Waals surface area contributed by atoms with Crippen molar-refractivity contribution in [2.45, 2.75) is 25.8 Å². The summed E-state index contributed by atoms with van der Waals surface area (Å²) in [5.74, 6) is -0.604. The van der Waals surface area contributed by atoms with Crippen molar-refractivity contribution in [1.29, 1.82) is 0 Å². The Bertz CT molecular complexity index is 670. The highest BCUT2D eigenvalue weighted by Crippen LogP contribution is 2.39. The van der Waals surface area contributed by atoms with E-state index in [0.717, 1.165) is 0 Å². The molecule has 1 saturated heterocycles. The number of hydrogen-bond donors (Lipinski definition) is 0. The topological polar surface area (TPSA) is 40.6 Å². The maximum absolute atomic E-state index is 14.1. The fourth-order valence-electron chi connectivity index (χ4n) is 3.49. The van der Waals surface area contributed by atoms with Crippen molar-refractivity contribution < 1.29 is 17.2 Å². The number of rotatable bonds is 3. The molecule has 1 fully saturated rings. The first-order valence-electron chi connectivity index (χ1n) is 7.62. The Kier molecular flexibility index (Phi) is 4.22. The van der Waals surface area contributed by atoms with Crippen molar-refractivity contribution in [3.63, 3.8) is 0 Å². The highest BCUT2D eigenvalue weighted by Gasteiger charge is 2.35. The number of piperazine rings is 1. The SMILES string of the molecule is CCS(=O)(=O)N1CCN(C2CCc3c(F)ccc(F)c32)CC1. The summed E-state index contributed by atoms with van der Waals surface area (Å²) in [6.45, 7) is 3.57. The van der Waals surface area contributed by atoms with Crippen molar-refractivity contribution in [2.75, 3.05) is 31.9 Å². The summed E-state index contributed by atoms with van der Waals surface area (Å²) in [5.41, 5.74) is 0.945. The van der Waals surface area contributed by atoms with Gasteiger partial charge >= 0.3 is 0 Å². The molecule has 7 heteroatoms. The molecule has 0 bridgehead atoms. The average Bonchev–Trinajstić information content (AvgIpc) is 2.97. The van der Waals surface area contributed by atoms with E-state index in [0.29, 0.717) is 50.1 Å². The zero-order valence-electron chi connectivity index (χ0n) is 12.6.